The van der Waals surface area contributed by atoms with Crippen molar-refractivity contribution in [3.8, 4) is 5.75 Å². The van der Waals surface area contributed by atoms with E-state index in [9.17, 15) is 4.79 Å². The molecule has 0 aromatic heterocycles. The zero-order chi connectivity index (χ0) is 14.5. The predicted molar refractivity (Wildman–Crippen MR) is 83.8 cm³/mol. The Hall–Kier alpha value is -1.07. The summed E-state index contributed by atoms with van der Waals surface area (Å²) in [5, 5.41) is 2.99. The number of carbonyl (C=O) groups is 1. The maximum Gasteiger partial charge on any atom is 0.227 e. The fraction of sp³-hybridized carbons (Fsp3) is 0.533. The molecule has 20 heavy (non-hydrogen) atoms. The van der Waals surface area contributed by atoms with E-state index in [1.54, 1.807) is 7.11 Å². The minimum absolute atomic E-state index is 0.0266. The molecule has 3 N–H and O–H groups in total. The molecular weight excluding hydrogens is 320 g/mol. The molecule has 0 saturated heterocycles. The molecule has 2 rings (SSSR count). The van der Waals surface area contributed by atoms with Crippen LogP contribution in [0.3, 0.4) is 0 Å². The van der Waals surface area contributed by atoms with Crippen molar-refractivity contribution in [3.63, 3.8) is 0 Å². The Morgan fingerprint density at radius 3 is 2.85 bits per heavy atom. The van der Waals surface area contributed by atoms with E-state index < -0.39 is 0 Å². The number of nitrogens with one attached hydrogen (secondary N) is 1. The lowest BCUT2D eigenvalue weighted by Crippen LogP contribution is -2.35. The fourth-order valence-electron chi connectivity index (χ4n) is 2.82. The summed E-state index contributed by atoms with van der Waals surface area (Å²) in [5.74, 6) is 1.12. The normalized spacial score (nSPS) is 22.4. The zero-order valence-electron chi connectivity index (χ0n) is 11.7. The van der Waals surface area contributed by atoms with Gasteiger partial charge in [0.1, 0.15) is 5.75 Å². The molecule has 0 bridgehead atoms. The van der Waals surface area contributed by atoms with Crippen molar-refractivity contribution in [2.24, 2.45) is 17.6 Å². The Morgan fingerprint density at radius 2 is 2.15 bits per heavy atom. The molecule has 2 atom stereocenters. The first-order chi connectivity index (χ1) is 9.63. The van der Waals surface area contributed by atoms with Gasteiger partial charge in [0.2, 0.25) is 5.91 Å². The van der Waals surface area contributed by atoms with Gasteiger partial charge in [-0.3, -0.25) is 4.79 Å². The Labute approximate surface area is 128 Å². The molecule has 4 nitrogen and oxygen atoms in total. The molecule has 0 aliphatic heterocycles. The van der Waals surface area contributed by atoms with Crippen LogP contribution in [0.15, 0.2) is 22.7 Å². The summed E-state index contributed by atoms with van der Waals surface area (Å²) >= 11 is 3.41. The second-order valence-corrected chi connectivity index (χ2v) is 6.17. The van der Waals surface area contributed by atoms with Gasteiger partial charge in [0, 0.05) is 22.1 Å². The molecule has 1 aromatic rings. The molecule has 1 aliphatic carbocycles. The number of rotatable bonds is 4. The van der Waals surface area contributed by atoms with Gasteiger partial charge in [0.05, 0.1) is 7.11 Å². The predicted octanol–water partition coefficient (Wildman–Crippen LogP) is 3.16. The van der Waals surface area contributed by atoms with Crippen LogP contribution >= 0.6 is 15.9 Å². The van der Waals surface area contributed by atoms with Crippen molar-refractivity contribution in [1.82, 2.24) is 0 Å². The van der Waals surface area contributed by atoms with E-state index in [0.29, 0.717) is 18.2 Å². The van der Waals surface area contributed by atoms with Gasteiger partial charge >= 0.3 is 0 Å². The number of hydrogen-bond acceptors (Lipinski definition) is 3. The third-order valence-electron chi connectivity index (χ3n) is 3.92. The van der Waals surface area contributed by atoms with Crippen LogP contribution in [0.2, 0.25) is 0 Å². The number of halogens is 1. The molecule has 0 spiro atoms. The highest BCUT2D eigenvalue weighted by atomic mass is 79.9. The van der Waals surface area contributed by atoms with Gasteiger partial charge in [0.25, 0.3) is 0 Å². The first-order valence-electron chi connectivity index (χ1n) is 6.99. The zero-order valence-corrected chi connectivity index (χ0v) is 13.3. The van der Waals surface area contributed by atoms with Crippen LogP contribution in [0.5, 0.6) is 5.75 Å². The third-order valence-corrected chi connectivity index (χ3v) is 4.38. The van der Waals surface area contributed by atoms with Gasteiger partial charge in [-0.25, -0.2) is 0 Å². The number of benzene rings is 1. The second-order valence-electron chi connectivity index (χ2n) is 5.26. The molecule has 1 aliphatic rings. The standard InChI is InChI=1S/C15H21BrN2O2/c1-20-13-7-11(16)6-12(8-13)18-15(19)14-5-3-2-4-10(14)9-17/h6-8,10,14H,2-5,9,17H2,1H3,(H,18,19). The van der Waals surface area contributed by atoms with E-state index >= 15 is 0 Å². The molecule has 1 fully saturated rings. The van der Waals surface area contributed by atoms with Gasteiger partial charge in [-0.1, -0.05) is 28.8 Å². The van der Waals surface area contributed by atoms with Gasteiger partial charge < -0.3 is 15.8 Å². The number of nitrogens with two attached hydrogens (primary N) is 1. The molecular formula is C15H21BrN2O2. The summed E-state index contributed by atoms with van der Waals surface area (Å²) in [7, 11) is 1.61. The summed E-state index contributed by atoms with van der Waals surface area (Å²) in [4.78, 5) is 12.4. The second kappa shape index (κ2) is 7.09. The molecule has 5 heteroatoms. The number of hydrogen-bond donors (Lipinski definition) is 2. The maximum absolute atomic E-state index is 12.4. The average molecular weight is 341 g/mol. The summed E-state index contributed by atoms with van der Waals surface area (Å²) in [5.41, 5.74) is 6.54. The van der Waals surface area contributed by atoms with E-state index in [0.717, 1.165) is 29.4 Å². The van der Waals surface area contributed by atoms with Crippen molar-refractivity contribution < 1.29 is 9.53 Å². The molecule has 0 radical (unpaired) electrons. The Morgan fingerprint density at radius 1 is 1.40 bits per heavy atom. The van der Waals surface area contributed by atoms with E-state index in [-0.39, 0.29) is 11.8 Å². The quantitative estimate of drug-likeness (QED) is 0.884. The lowest BCUT2D eigenvalue weighted by Gasteiger charge is -2.29. The Balaban J connectivity index is 2.08. The van der Waals surface area contributed by atoms with E-state index in [1.807, 2.05) is 18.2 Å². The lowest BCUT2D eigenvalue weighted by atomic mass is 9.78. The lowest BCUT2D eigenvalue weighted by molar-refractivity contribution is -0.122. The molecule has 2 unspecified atom stereocenters. The molecule has 1 saturated carbocycles. The van der Waals surface area contributed by atoms with Crippen LogP contribution in [0, 0.1) is 11.8 Å². The number of anilines is 1. The molecule has 1 amide bonds. The Kier molecular flexibility index (Phi) is 5.43. The van der Waals surface area contributed by atoms with Crippen LogP contribution < -0.4 is 15.8 Å². The fourth-order valence-corrected chi connectivity index (χ4v) is 3.29. The first-order valence-corrected chi connectivity index (χ1v) is 7.79. The van der Waals surface area contributed by atoms with Crippen LogP contribution in [0.1, 0.15) is 25.7 Å². The summed E-state index contributed by atoms with van der Waals surface area (Å²) in [6, 6.07) is 5.56. The average Bonchev–Trinajstić information content (AvgIpc) is 2.46. The van der Waals surface area contributed by atoms with Crippen LogP contribution in [-0.2, 0) is 4.79 Å². The third kappa shape index (κ3) is 3.73. The van der Waals surface area contributed by atoms with E-state index in [1.165, 1.54) is 6.42 Å². The first kappa shape index (κ1) is 15.3. The largest absolute Gasteiger partial charge is 0.497 e. The monoisotopic (exact) mass is 340 g/mol. The van der Waals surface area contributed by atoms with E-state index in [4.69, 9.17) is 10.5 Å². The van der Waals surface area contributed by atoms with Crippen molar-refractivity contribution >= 4 is 27.5 Å². The van der Waals surface area contributed by atoms with Crippen molar-refractivity contribution in [1.29, 1.82) is 0 Å². The number of carbonyl (C=O) groups excluding carboxylic acids is 1. The summed E-state index contributed by atoms with van der Waals surface area (Å²) in [6.45, 7) is 0.583. The van der Waals surface area contributed by atoms with Crippen LogP contribution in [0.4, 0.5) is 5.69 Å². The van der Waals surface area contributed by atoms with Crippen molar-refractivity contribution in [3.05, 3.63) is 22.7 Å². The molecule has 0 heterocycles. The SMILES string of the molecule is COc1cc(Br)cc(NC(=O)C2CCCCC2CN)c1. The smallest absolute Gasteiger partial charge is 0.227 e. The van der Waals surface area contributed by atoms with Gasteiger partial charge in [-0.15, -0.1) is 0 Å². The summed E-state index contributed by atoms with van der Waals surface area (Å²) < 4.78 is 6.08. The summed E-state index contributed by atoms with van der Waals surface area (Å²) in [6.07, 6.45) is 4.27. The highest BCUT2D eigenvalue weighted by molar-refractivity contribution is 9.10. The van der Waals surface area contributed by atoms with Gasteiger partial charge in [-0.05, 0) is 37.4 Å². The minimum Gasteiger partial charge on any atom is -0.497 e. The van der Waals surface area contributed by atoms with Crippen molar-refractivity contribution in [2.45, 2.75) is 25.7 Å². The molecule has 110 valence electrons. The van der Waals surface area contributed by atoms with Crippen LogP contribution in [0.25, 0.3) is 0 Å². The Bertz CT molecular complexity index is 479. The topological polar surface area (TPSA) is 64.3 Å². The number of methoxy groups -OCH3 is 1. The van der Waals surface area contributed by atoms with Crippen molar-refractivity contribution in [2.75, 3.05) is 19.0 Å². The van der Waals surface area contributed by atoms with E-state index in [2.05, 4.69) is 21.2 Å². The minimum atomic E-state index is 0.0266. The van der Waals surface area contributed by atoms with Gasteiger partial charge in [0.15, 0.2) is 0 Å². The van der Waals surface area contributed by atoms with Crippen LogP contribution in [-0.4, -0.2) is 19.6 Å². The van der Waals surface area contributed by atoms with Gasteiger partial charge in [-0.2, -0.15) is 0 Å². The highest BCUT2D eigenvalue weighted by Gasteiger charge is 2.29. The maximum atomic E-state index is 12.4. The number of ether oxygens (including phenoxy) is 1. The number of amides is 1. The molecule has 1 aromatic carbocycles. The highest BCUT2D eigenvalue weighted by Crippen LogP contribution is 2.31.